The summed E-state index contributed by atoms with van der Waals surface area (Å²) in [4.78, 5) is 47.7. The SMILES string of the molecule is CCC(=O)OCCCCCCOc1ccc(C(=O)Oc2ccc(OC(=O)c3ccc(OCCCCCCOC(=O)CC)cc3)c(C)c2)cc1. The lowest BCUT2D eigenvalue weighted by Gasteiger charge is -2.11. The fraction of sp³-hybridized carbons (Fsp3) is 0.436. The summed E-state index contributed by atoms with van der Waals surface area (Å²) in [7, 11) is 0. The number of aryl methyl sites for hydroxylation is 1. The highest BCUT2D eigenvalue weighted by molar-refractivity contribution is 5.92. The van der Waals surface area contributed by atoms with Crippen LogP contribution in [0, 0.1) is 6.92 Å². The van der Waals surface area contributed by atoms with Crippen LogP contribution >= 0.6 is 0 Å². The van der Waals surface area contributed by atoms with E-state index in [4.69, 9.17) is 28.4 Å². The molecule has 0 aromatic heterocycles. The minimum Gasteiger partial charge on any atom is -0.494 e. The molecular formula is C39H48O10. The Morgan fingerprint density at radius 1 is 0.490 bits per heavy atom. The van der Waals surface area contributed by atoms with E-state index in [9.17, 15) is 19.2 Å². The minimum atomic E-state index is -0.517. The van der Waals surface area contributed by atoms with Gasteiger partial charge in [-0.05, 0) is 131 Å². The second-order valence-corrected chi connectivity index (χ2v) is 11.4. The Hall–Kier alpha value is -4.86. The molecule has 0 radical (unpaired) electrons. The number of unbranched alkanes of at least 4 members (excludes halogenated alkanes) is 6. The van der Waals surface area contributed by atoms with Gasteiger partial charge < -0.3 is 28.4 Å². The molecule has 0 saturated carbocycles. The largest absolute Gasteiger partial charge is 0.494 e. The van der Waals surface area contributed by atoms with Crippen molar-refractivity contribution in [3.63, 3.8) is 0 Å². The maximum absolute atomic E-state index is 12.8. The first-order chi connectivity index (χ1) is 23.8. The van der Waals surface area contributed by atoms with Crippen LogP contribution in [-0.4, -0.2) is 50.3 Å². The zero-order chi connectivity index (χ0) is 35.3. The molecule has 0 N–H and O–H groups in total. The van der Waals surface area contributed by atoms with Crippen molar-refractivity contribution >= 4 is 23.9 Å². The smallest absolute Gasteiger partial charge is 0.343 e. The summed E-state index contributed by atoms with van der Waals surface area (Å²) in [6.45, 7) is 7.35. The fourth-order valence-electron chi connectivity index (χ4n) is 4.57. The molecule has 10 heteroatoms. The number of esters is 4. The molecule has 0 bridgehead atoms. The van der Waals surface area contributed by atoms with E-state index in [1.807, 2.05) is 0 Å². The molecule has 0 aliphatic carbocycles. The zero-order valence-corrected chi connectivity index (χ0v) is 28.8. The van der Waals surface area contributed by atoms with Crippen molar-refractivity contribution in [3.05, 3.63) is 83.4 Å². The van der Waals surface area contributed by atoms with E-state index in [-0.39, 0.29) is 11.9 Å². The third-order valence-electron chi connectivity index (χ3n) is 7.46. The normalized spacial score (nSPS) is 10.6. The third kappa shape index (κ3) is 14.8. The van der Waals surface area contributed by atoms with Crippen molar-refractivity contribution in [3.8, 4) is 23.0 Å². The van der Waals surface area contributed by atoms with E-state index < -0.39 is 11.9 Å². The molecule has 264 valence electrons. The second kappa shape index (κ2) is 21.9. The topological polar surface area (TPSA) is 124 Å². The second-order valence-electron chi connectivity index (χ2n) is 11.4. The van der Waals surface area contributed by atoms with Crippen LogP contribution in [0.2, 0.25) is 0 Å². The monoisotopic (exact) mass is 676 g/mol. The number of ether oxygens (including phenoxy) is 6. The Balaban J connectivity index is 1.35. The Bertz CT molecular complexity index is 1460. The lowest BCUT2D eigenvalue weighted by Crippen LogP contribution is -2.10. The van der Waals surface area contributed by atoms with E-state index in [1.54, 1.807) is 87.5 Å². The van der Waals surface area contributed by atoms with Crippen LogP contribution < -0.4 is 18.9 Å². The number of benzene rings is 3. The van der Waals surface area contributed by atoms with Gasteiger partial charge in [-0.3, -0.25) is 9.59 Å². The zero-order valence-electron chi connectivity index (χ0n) is 28.8. The number of carbonyl (C=O) groups is 4. The van der Waals surface area contributed by atoms with Crippen LogP contribution in [0.1, 0.15) is 104 Å². The molecule has 10 nitrogen and oxygen atoms in total. The van der Waals surface area contributed by atoms with Gasteiger partial charge in [0.25, 0.3) is 0 Å². The average molecular weight is 677 g/mol. The van der Waals surface area contributed by atoms with Crippen molar-refractivity contribution in [1.82, 2.24) is 0 Å². The van der Waals surface area contributed by atoms with Crippen LogP contribution in [0.5, 0.6) is 23.0 Å². The molecule has 0 fully saturated rings. The Morgan fingerprint density at radius 2 is 0.898 bits per heavy atom. The lowest BCUT2D eigenvalue weighted by molar-refractivity contribution is -0.144. The highest BCUT2D eigenvalue weighted by Gasteiger charge is 2.14. The molecule has 0 aliphatic rings. The highest BCUT2D eigenvalue weighted by atomic mass is 16.5. The molecule has 0 aliphatic heterocycles. The molecule has 0 heterocycles. The standard InChI is InChI=1S/C39H48O10/c1-4-36(40)46-26-12-8-6-10-24-44-32-18-14-30(15-19-32)38(42)48-34-22-23-35(29(3)28-34)49-39(43)31-16-20-33(21-17-31)45-25-11-7-9-13-27-47-37(41)5-2/h14-23,28H,4-13,24-27H2,1-3H3. The van der Waals surface area contributed by atoms with Gasteiger partial charge in [0.15, 0.2) is 0 Å². The van der Waals surface area contributed by atoms with Crippen LogP contribution in [0.4, 0.5) is 0 Å². The Morgan fingerprint density at radius 3 is 1.33 bits per heavy atom. The lowest BCUT2D eigenvalue weighted by atomic mass is 10.2. The van der Waals surface area contributed by atoms with Crippen LogP contribution in [0.25, 0.3) is 0 Å². The van der Waals surface area contributed by atoms with Gasteiger partial charge in [0, 0.05) is 12.8 Å². The maximum Gasteiger partial charge on any atom is 0.343 e. The van der Waals surface area contributed by atoms with Gasteiger partial charge in [-0.25, -0.2) is 9.59 Å². The van der Waals surface area contributed by atoms with Crippen LogP contribution in [-0.2, 0) is 19.1 Å². The summed E-state index contributed by atoms with van der Waals surface area (Å²) in [5, 5.41) is 0. The Labute approximate surface area is 289 Å². The summed E-state index contributed by atoms with van der Waals surface area (Å²) in [5.41, 5.74) is 1.39. The predicted molar refractivity (Wildman–Crippen MR) is 184 cm³/mol. The maximum atomic E-state index is 12.8. The van der Waals surface area contributed by atoms with Gasteiger partial charge >= 0.3 is 23.9 Å². The number of hydrogen-bond acceptors (Lipinski definition) is 10. The van der Waals surface area contributed by atoms with E-state index in [1.165, 1.54) is 0 Å². The van der Waals surface area contributed by atoms with Crippen molar-refractivity contribution < 1.29 is 47.6 Å². The first kappa shape index (κ1) is 38.6. The minimum absolute atomic E-state index is 0.169. The van der Waals surface area contributed by atoms with Gasteiger partial charge in [-0.1, -0.05) is 13.8 Å². The van der Waals surface area contributed by atoms with E-state index in [2.05, 4.69) is 0 Å². The first-order valence-corrected chi connectivity index (χ1v) is 17.1. The molecule has 0 atom stereocenters. The van der Waals surface area contributed by atoms with Crippen LogP contribution in [0.15, 0.2) is 66.7 Å². The van der Waals surface area contributed by atoms with E-state index >= 15 is 0 Å². The van der Waals surface area contributed by atoms with Gasteiger partial charge in [-0.2, -0.15) is 0 Å². The molecule has 3 rings (SSSR count). The Kier molecular flexibility index (Phi) is 17.2. The van der Waals surface area contributed by atoms with Gasteiger partial charge in [0.05, 0.1) is 37.6 Å². The molecule has 49 heavy (non-hydrogen) atoms. The number of carbonyl (C=O) groups excluding carboxylic acids is 4. The van der Waals surface area contributed by atoms with Crippen molar-refractivity contribution in [2.24, 2.45) is 0 Å². The predicted octanol–water partition coefficient (Wildman–Crippen LogP) is 8.22. The fourth-order valence-corrected chi connectivity index (χ4v) is 4.57. The summed E-state index contributed by atoms with van der Waals surface area (Å²) in [6.07, 6.45) is 8.09. The summed E-state index contributed by atoms with van der Waals surface area (Å²) < 4.78 is 32.8. The summed E-state index contributed by atoms with van der Waals surface area (Å²) >= 11 is 0. The number of rotatable bonds is 22. The molecule has 0 saturated heterocycles. The van der Waals surface area contributed by atoms with Gasteiger partial charge in [0.2, 0.25) is 0 Å². The van der Waals surface area contributed by atoms with Crippen molar-refractivity contribution in [2.75, 3.05) is 26.4 Å². The van der Waals surface area contributed by atoms with E-state index in [0.717, 1.165) is 51.4 Å². The molecule has 0 unspecified atom stereocenters. The number of hydrogen-bond donors (Lipinski definition) is 0. The molecule has 0 amide bonds. The first-order valence-electron chi connectivity index (χ1n) is 17.1. The third-order valence-corrected chi connectivity index (χ3v) is 7.46. The highest BCUT2D eigenvalue weighted by Crippen LogP contribution is 2.26. The van der Waals surface area contributed by atoms with Crippen LogP contribution in [0.3, 0.4) is 0 Å². The van der Waals surface area contributed by atoms with Crippen molar-refractivity contribution in [1.29, 1.82) is 0 Å². The van der Waals surface area contributed by atoms with Gasteiger partial charge in [-0.15, -0.1) is 0 Å². The van der Waals surface area contributed by atoms with E-state index in [0.29, 0.717) is 79.0 Å². The average Bonchev–Trinajstić information content (AvgIpc) is 3.11. The van der Waals surface area contributed by atoms with Crippen molar-refractivity contribution in [2.45, 2.75) is 85.0 Å². The summed E-state index contributed by atoms with van der Waals surface area (Å²) in [5.74, 6) is 0.639. The molecule has 0 spiro atoms. The molecular weight excluding hydrogens is 628 g/mol. The summed E-state index contributed by atoms with van der Waals surface area (Å²) in [6, 6.07) is 18.3. The molecule has 3 aromatic carbocycles. The molecule has 3 aromatic rings. The quantitative estimate of drug-likeness (QED) is 0.0584. The van der Waals surface area contributed by atoms with Gasteiger partial charge in [0.1, 0.15) is 23.0 Å².